The number of amides is 2. The summed E-state index contributed by atoms with van der Waals surface area (Å²) in [5.74, 6) is -0.241. The SMILES string of the molecule is CNC(=O)[C@@H]1CCCC[C@@H]1C(=O)N1CCn2nc(Cc3ccccc3)cc2C1. The van der Waals surface area contributed by atoms with Gasteiger partial charge in [0.15, 0.2) is 0 Å². The van der Waals surface area contributed by atoms with Crippen LogP contribution in [0.4, 0.5) is 0 Å². The minimum atomic E-state index is -0.188. The van der Waals surface area contributed by atoms with Crippen molar-refractivity contribution in [2.75, 3.05) is 13.6 Å². The molecule has 0 bridgehead atoms. The highest BCUT2D eigenvalue weighted by Gasteiger charge is 2.38. The Bertz CT molecular complexity index is 845. The van der Waals surface area contributed by atoms with E-state index in [4.69, 9.17) is 5.10 Å². The third kappa shape index (κ3) is 3.81. The zero-order valence-electron chi connectivity index (χ0n) is 16.4. The van der Waals surface area contributed by atoms with E-state index in [9.17, 15) is 9.59 Å². The molecule has 1 saturated carbocycles. The number of hydrogen-bond acceptors (Lipinski definition) is 3. The van der Waals surface area contributed by atoms with Gasteiger partial charge >= 0.3 is 0 Å². The number of benzene rings is 1. The van der Waals surface area contributed by atoms with E-state index in [0.29, 0.717) is 19.6 Å². The molecule has 2 atom stereocenters. The maximum Gasteiger partial charge on any atom is 0.226 e. The molecule has 1 N–H and O–H groups in total. The van der Waals surface area contributed by atoms with Crippen LogP contribution in [0.2, 0.25) is 0 Å². The standard InChI is InChI=1S/C22H28N4O2/c1-23-21(27)19-9-5-6-10-20(19)22(28)25-11-12-26-18(15-25)14-17(24-26)13-16-7-3-2-4-8-16/h2-4,7-8,14,19-20H,5-6,9-13,15H2,1H3,(H,23,27)/t19-,20+/m1/s1. The molecule has 0 unspecified atom stereocenters. The van der Waals surface area contributed by atoms with Crippen molar-refractivity contribution in [1.82, 2.24) is 20.0 Å². The number of rotatable bonds is 4. The molecule has 6 nitrogen and oxygen atoms in total. The number of fused-ring (bicyclic) bond motifs is 1. The molecule has 2 heterocycles. The van der Waals surface area contributed by atoms with Crippen molar-refractivity contribution in [3.63, 3.8) is 0 Å². The maximum absolute atomic E-state index is 13.2. The average molecular weight is 380 g/mol. The summed E-state index contributed by atoms with van der Waals surface area (Å²) < 4.78 is 2.03. The molecule has 2 aromatic rings. The Labute approximate surface area is 165 Å². The number of nitrogens with one attached hydrogen (secondary N) is 1. The normalized spacial score (nSPS) is 21.8. The van der Waals surface area contributed by atoms with Gasteiger partial charge in [0.2, 0.25) is 11.8 Å². The molecule has 1 aromatic carbocycles. The van der Waals surface area contributed by atoms with E-state index in [1.165, 1.54) is 5.56 Å². The van der Waals surface area contributed by atoms with Crippen LogP contribution in [-0.4, -0.2) is 40.1 Å². The van der Waals surface area contributed by atoms with E-state index < -0.39 is 0 Å². The molecule has 28 heavy (non-hydrogen) atoms. The fourth-order valence-electron chi connectivity index (χ4n) is 4.57. The van der Waals surface area contributed by atoms with Gasteiger partial charge in [-0.05, 0) is 24.5 Å². The van der Waals surface area contributed by atoms with Gasteiger partial charge < -0.3 is 10.2 Å². The van der Waals surface area contributed by atoms with Crippen LogP contribution in [0.3, 0.4) is 0 Å². The Morgan fingerprint density at radius 3 is 2.61 bits per heavy atom. The third-order valence-electron chi connectivity index (χ3n) is 6.05. The summed E-state index contributed by atoms with van der Waals surface area (Å²) in [6.45, 7) is 1.96. The average Bonchev–Trinajstić information content (AvgIpc) is 3.14. The van der Waals surface area contributed by atoms with Crippen LogP contribution >= 0.6 is 0 Å². The van der Waals surface area contributed by atoms with Crippen LogP contribution in [0.15, 0.2) is 36.4 Å². The molecule has 6 heteroatoms. The maximum atomic E-state index is 13.2. The highest BCUT2D eigenvalue weighted by atomic mass is 16.2. The molecule has 2 aliphatic rings. The number of carbonyl (C=O) groups is 2. The van der Waals surface area contributed by atoms with Crippen molar-refractivity contribution in [1.29, 1.82) is 0 Å². The first-order valence-corrected chi connectivity index (χ1v) is 10.3. The Morgan fingerprint density at radius 2 is 1.86 bits per heavy atom. The molecule has 4 rings (SSSR count). The van der Waals surface area contributed by atoms with E-state index in [-0.39, 0.29) is 23.7 Å². The van der Waals surface area contributed by atoms with Crippen molar-refractivity contribution in [3.8, 4) is 0 Å². The van der Waals surface area contributed by atoms with Gasteiger partial charge in [0.25, 0.3) is 0 Å². The molecule has 2 amide bonds. The van der Waals surface area contributed by atoms with Crippen LogP contribution in [0.1, 0.15) is 42.6 Å². The molecule has 1 aliphatic carbocycles. The lowest BCUT2D eigenvalue weighted by molar-refractivity contribution is -0.144. The summed E-state index contributed by atoms with van der Waals surface area (Å²) in [4.78, 5) is 27.4. The first-order chi connectivity index (χ1) is 13.7. The zero-order valence-corrected chi connectivity index (χ0v) is 16.4. The molecular formula is C22H28N4O2. The molecular weight excluding hydrogens is 352 g/mol. The van der Waals surface area contributed by atoms with E-state index in [0.717, 1.165) is 43.5 Å². The largest absolute Gasteiger partial charge is 0.359 e. The highest BCUT2D eigenvalue weighted by molar-refractivity contribution is 5.87. The summed E-state index contributed by atoms with van der Waals surface area (Å²) in [7, 11) is 1.66. The van der Waals surface area contributed by atoms with Crippen molar-refractivity contribution in [2.45, 2.75) is 45.2 Å². The number of hydrogen-bond donors (Lipinski definition) is 1. The smallest absolute Gasteiger partial charge is 0.226 e. The summed E-state index contributed by atoms with van der Waals surface area (Å²) in [6.07, 6.45) is 4.47. The predicted octanol–water partition coefficient (Wildman–Crippen LogP) is 2.37. The summed E-state index contributed by atoms with van der Waals surface area (Å²) in [6, 6.07) is 12.4. The lowest BCUT2D eigenvalue weighted by Gasteiger charge is -2.35. The molecule has 1 fully saturated rings. The minimum absolute atomic E-state index is 0.00486. The van der Waals surface area contributed by atoms with E-state index in [2.05, 4.69) is 23.5 Å². The van der Waals surface area contributed by atoms with Crippen molar-refractivity contribution in [2.24, 2.45) is 11.8 Å². The second-order valence-electron chi connectivity index (χ2n) is 7.88. The van der Waals surface area contributed by atoms with E-state index in [1.54, 1.807) is 7.05 Å². The van der Waals surface area contributed by atoms with Crippen LogP contribution < -0.4 is 5.32 Å². The van der Waals surface area contributed by atoms with Crippen LogP contribution in [0.5, 0.6) is 0 Å². The molecule has 148 valence electrons. The third-order valence-corrected chi connectivity index (χ3v) is 6.05. The molecule has 1 aromatic heterocycles. The first kappa shape index (κ1) is 18.7. The van der Waals surface area contributed by atoms with E-state index >= 15 is 0 Å². The van der Waals surface area contributed by atoms with E-state index in [1.807, 2.05) is 27.8 Å². The van der Waals surface area contributed by atoms with Crippen molar-refractivity contribution >= 4 is 11.8 Å². The fraction of sp³-hybridized carbons (Fsp3) is 0.500. The Balaban J connectivity index is 1.46. The minimum Gasteiger partial charge on any atom is -0.359 e. The van der Waals surface area contributed by atoms with Crippen LogP contribution in [-0.2, 0) is 29.1 Å². The second-order valence-corrected chi connectivity index (χ2v) is 7.88. The number of nitrogens with zero attached hydrogens (tertiary/aromatic N) is 3. The highest BCUT2D eigenvalue weighted by Crippen LogP contribution is 2.32. The lowest BCUT2D eigenvalue weighted by Crippen LogP contribution is -2.47. The number of aromatic nitrogens is 2. The monoisotopic (exact) mass is 380 g/mol. The van der Waals surface area contributed by atoms with Gasteiger partial charge in [-0.3, -0.25) is 14.3 Å². The second kappa shape index (κ2) is 8.17. The van der Waals surface area contributed by atoms with Gasteiger partial charge in [0.1, 0.15) is 0 Å². The lowest BCUT2D eigenvalue weighted by atomic mass is 9.77. The molecule has 0 radical (unpaired) electrons. The Morgan fingerprint density at radius 1 is 1.11 bits per heavy atom. The van der Waals surface area contributed by atoms with Gasteiger partial charge in [-0.1, -0.05) is 43.2 Å². The fourth-order valence-corrected chi connectivity index (χ4v) is 4.57. The van der Waals surface area contributed by atoms with Crippen molar-refractivity contribution in [3.05, 3.63) is 53.3 Å². The molecule has 1 aliphatic heterocycles. The molecule has 0 saturated heterocycles. The van der Waals surface area contributed by atoms with Crippen molar-refractivity contribution < 1.29 is 9.59 Å². The van der Waals surface area contributed by atoms with Gasteiger partial charge in [-0.25, -0.2) is 0 Å². The van der Waals surface area contributed by atoms with Crippen LogP contribution in [0, 0.1) is 11.8 Å². The summed E-state index contributed by atoms with van der Waals surface area (Å²) in [5.41, 5.74) is 3.36. The van der Waals surface area contributed by atoms with Gasteiger partial charge in [-0.15, -0.1) is 0 Å². The summed E-state index contributed by atoms with van der Waals surface area (Å²) in [5, 5.41) is 7.46. The zero-order chi connectivity index (χ0) is 19.5. The predicted molar refractivity (Wildman–Crippen MR) is 106 cm³/mol. The van der Waals surface area contributed by atoms with Gasteiger partial charge in [0, 0.05) is 31.8 Å². The number of carbonyl (C=O) groups excluding carboxylic acids is 2. The van der Waals surface area contributed by atoms with Gasteiger partial charge in [0.05, 0.1) is 24.5 Å². The summed E-state index contributed by atoms with van der Waals surface area (Å²) >= 11 is 0. The topological polar surface area (TPSA) is 67.2 Å². The molecule has 0 spiro atoms. The quantitative estimate of drug-likeness (QED) is 0.886. The Kier molecular flexibility index (Phi) is 5.46. The Hall–Kier alpha value is -2.63. The van der Waals surface area contributed by atoms with Gasteiger partial charge in [-0.2, -0.15) is 5.10 Å². The first-order valence-electron chi connectivity index (χ1n) is 10.3. The van der Waals surface area contributed by atoms with Crippen LogP contribution in [0.25, 0.3) is 0 Å².